The van der Waals surface area contributed by atoms with Crippen LogP contribution in [0.3, 0.4) is 0 Å². The Morgan fingerprint density at radius 3 is 2.39 bits per heavy atom. The van der Waals surface area contributed by atoms with Crippen LogP contribution in [-0.4, -0.2) is 30.7 Å². The molecule has 1 aliphatic rings. The molecule has 0 amide bonds. The Kier molecular flexibility index (Phi) is 4.58. The van der Waals surface area contributed by atoms with Crippen molar-refractivity contribution in [1.29, 1.82) is 0 Å². The number of aliphatic hydroxyl groups is 1. The summed E-state index contributed by atoms with van der Waals surface area (Å²) in [6, 6.07) is 7.48. The van der Waals surface area contributed by atoms with Crippen molar-refractivity contribution < 1.29 is 19.3 Å². The van der Waals surface area contributed by atoms with Crippen LogP contribution in [0.15, 0.2) is 24.3 Å². The van der Waals surface area contributed by atoms with Crippen molar-refractivity contribution in [2.45, 2.75) is 38.8 Å². The standard InChI is InChI=1S/C14H20O4/c1-10(2)18-12-5-3-11(4-6-12)13(15)9-14-16-7-8-17-14/h3-6,10,13-15H,7-9H2,1-2H3. The van der Waals surface area contributed by atoms with Crippen molar-refractivity contribution in [3.05, 3.63) is 29.8 Å². The predicted octanol–water partition coefficient (Wildman–Crippen LogP) is 2.27. The van der Waals surface area contributed by atoms with Gasteiger partial charge in [0.15, 0.2) is 6.29 Å². The lowest BCUT2D eigenvalue weighted by Gasteiger charge is -2.16. The van der Waals surface area contributed by atoms with Crippen molar-refractivity contribution in [2.24, 2.45) is 0 Å². The van der Waals surface area contributed by atoms with Crippen LogP contribution in [-0.2, 0) is 9.47 Å². The van der Waals surface area contributed by atoms with Crippen molar-refractivity contribution >= 4 is 0 Å². The van der Waals surface area contributed by atoms with Crippen molar-refractivity contribution in [1.82, 2.24) is 0 Å². The molecule has 0 saturated carbocycles. The summed E-state index contributed by atoms with van der Waals surface area (Å²) < 4.78 is 16.2. The Labute approximate surface area is 107 Å². The summed E-state index contributed by atoms with van der Waals surface area (Å²) in [5.41, 5.74) is 0.852. The van der Waals surface area contributed by atoms with Gasteiger partial charge in [-0.15, -0.1) is 0 Å². The summed E-state index contributed by atoms with van der Waals surface area (Å²) in [5, 5.41) is 10.1. The minimum absolute atomic E-state index is 0.154. The van der Waals surface area contributed by atoms with Crippen LogP contribution in [0.25, 0.3) is 0 Å². The third kappa shape index (κ3) is 3.70. The molecule has 2 rings (SSSR count). The monoisotopic (exact) mass is 252 g/mol. The smallest absolute Gasteiger partial charge is 0.160 e. The Bertz CT molecular complexity index is 355. The Balaban J connectivity index is 1.91. The van der Waals surface area contributed by atoms with Crippen LogP contribution in [0.5, 0.6) is 5.75 Å². The van der Waals surface area contributed by atoms with Crippen molar-refractivity contribution in [3.63, 3.8) is 0 Å². The second kappa shape index (κ2) is 6.18. The van der Waals surface area contributed by atoms with Gasteiger partial charge >= 0.3 is 0 Å². The Morgan fingerprint density at radius 1 is 1.22 bits per heavy atom. The molecule has 0 spiro atoms. The number of ether oxygens (including phenoxy) is 3. The minimum Gasteiger partial charge on any atom is -0.491 e. The van der Waals surface area contributed by atoms with E-state index in [4.69, 9.17) is 14.2 Å². The number of rotatable bonds is 5. The molecule has 1 saturated heterocycles. The molecule has 0 radical (unpaired) electrons. The summed E-state index contributed by atoms with van der Waals surface area (Å²) >= 11 is 0. The van der Waals surface area contributed by atoms with Crippen molar-refractivity contribution in [2.75, 3.05) is 13.2 Å². The molecule has 1 atom stereocenters. The molecule has 1 N–H and O–H groups in total. The van der Waals surface area contributed by atoms with Gasteiger partial charge in [0.2, 0.25) is 0 Å². The van der Waals surface area contributed by atoms with E-state index >= 15 is 0 Å². The lowest BCUT2D eigenvalue weighted by atomic mass is 10.1. The summed E-state index contributed by atoms with van der Waals surface area (Å²) in [6.07, 6.45) is -0.237. The van der Waals surface area contributed by atoms with E-state index in [1.807, 2.05) is 38.1 Å². The van der Waals surface area contributed by atoms with Gasteiger partial charge in [0.05, 0.1) is 25.4 Å². The topological polar surface area (TPSA) is 47.9 Å². The van der Waals surface area contributed by atoms with E-state index in [0.717, 1.165) is 11.3 Å². The highest BCUT2D eigenvalue weighted by Crippen LogP contribution is 2.24. The second-order valence-electron chi connectivity index (χ2n) is 4.66. The van der Waals surface area contributed by atoms with E-state index in [9.17, 15) is 5.11 Å². The predicted molar refractivity (Wildman–Crippen MR) is 67.5 cm³/mol. The summed E-state index contributed by atoms with van der Waals surface area (Å²) in [4.78, 5) is 0. The maximum atomic E-state index is 10.1. The first kappa shape index (κ1) is 13.3. The van der Waals surface area contributed by atoms with Crippen molar-refractivity contribution in [3.8, 4) is 5.75 Å². The van der Waals surface area contributed by atoms with E-state index in [-0.39, 0.29) is 12.4 Å². The molecule has 1 fully saturated rings. The van der Waals surface area contributed by atoms with Crippen LogP contribution >= 0.6 is 0 Å². The van der Waals surface area contributed by atoms with Gasteiger partial charge in [-0.2, -0.15) is 0 Å². The first-order valence-electron chi connectivity index (χ1n) is 6.33. The first-order chi connectivity index (χ1) is 8.65. The maximum Gasteiger partial charge on any atom is 0.160 e. The first-order valence-corrected chi connectivity index (χ1v) is 6.33. The van der Waals surface area contributed by atoms with E-state index in [0.29, 0.717) is 19.6 Å². The van der Waals surface area contributed by atoms with Crippen LogP contribution in [0.1, 0.15) is 31.9 Å². The maximum absolute atomic E-state index is 10.1. The number of hydrogen-bond acceptors (Lipinski definition) is 4. The molecular formula is C14H20O4. The van der Waals surface area contributed by atoms with E-state index in [2.05, 4.69) is 0 Å². The van der Waals surface area contributed by atoms with Gasteiger partial charge in [0.25, 0.3) is 0 Å². The highest BCUT2D eigenvalue weighted by Gasteiger charge is 2.21. The molecule has 0 aliphatic carbocycles. The zero-order valence-electron chi connectivity index (χ0n) is 10.8. The van der Waals surface area contributed by atoms with E-state index in [1.54, 1.807) is 0 Å². The number of aliphatic hydroxyl groups excluding tert-OH is 1. The third-order valence-electron chi connectivity index (χ3n) is 2.74. The highest BCUT2D eigenvalue weighted by atomic mass is 16.7. The van der Waals surface area contributed by atoms with Gasteiger partial charge in [-0.1, -0.05) is 12.1 Å². The van der Waals surface area contributed by atoms with Gasteiger partial charge in [-0.25, -0.2) is 0 Å². The average Bonchev–Trinajstić information content (AvgIpc) is 2.82. The molecule has 1 aliphatic heterocycles. The number of hydrogen-bond donors (Lipinski definition) is 1. The van der Waals surface area contributed by atoms with Gasteiger partial charge < -0.3 is 19.3 Å². The second-order valence-corrected chi connectivity index (χ2v) is 4.66. The van der Waals surface area contributed by atoms with Crippen LogP contribution in [0.4, 0.5) is 0 Å². The Hall–Kier alpha value is -1.10. The van der Waals surface area contributed by atoms with Crippen LogP contribution in [0.2, 0.25) is 0 Å². The largest absolute Gasteiger partial charge is 0.491 e. The van der Waals surface area contributed by atoms with Gasteiger partial charge in [-0.3, -0.25) is 0 Å². The SMILES string of the molecule is CC(C)Oc1ccc(C(O)CC2OCCO2)cc1. The fourth-order valence-corrected chi connectivity index (χ4v) is 1.90. The molecular weight excluding hydrogens is 232 g/mol. The fraction of sp³-hybridized carbons (Fsp3) is 0.571. The molecule has 1 heterocycles. The zero-order chi connectivity index (χ0) is 13.0. The molecule has 1 aromatic carbocycles. The normalized spacial score (nSPS) is 18.2. The van der Waals surface area contributed by atoms with Crippen LogP contribution < -0.4 is 4.74 Å². The molecule has 4 heteroatoms. The zero-order valence-corrected chi connectivity index (χ0v) is 10.8. The molecule has 0 aromatic heterocycles. The lowest BCUT2D eigenvalue weighted by molar-refractivity contribution is -0.0707. The van der Waals surface area contributed by atoms with E-state index < -0.39 is 6.10 Å². The molecule has 1 unspecified atom stereocenters. The summed E-state index contributed by atoms with van der Waals surface area (Å²) in [7, 11) is 0. The highest BCUT2D eigenvalue weighted by molar-refractivity contribution is 5.28. The summed E-state index contributed by atoms with van der Waals surface area (Å²) in [5.74, 6) is 0.814. The van der Waals surface area contributed by atoms with Gasteiger partial charge in [0, 0.05) is 6.42 Å². The van der Waals surface area contributed by atoms with Gasteiger partial charge in [0.1, 0.15) is 5.75 Å². The molecule has 18 heavy (non-hydrogen) atoms. The third-order valence-corrected chi connectivity index (χ3v) is 2.74. The minimum atomic E-state index is -0.568. The van der Waals surface area contributed by atoms with Gasteiger partial charge in [-0.05, 0) is 31.5 Å². The number of benzene rings is 1. The lowest BCUT2D eigenvalue weighted by Crippen LogP contribution is -2.13. The van der Waals surface area contributed by atoms with Crippen LogP contribution in [0, 0.1) is 0 Å². The fourth-order valence-electron chi connectivity index (χ4n) is 1.90. The quantitative estimate of drug-likeness (QED) is 0.873. The average molecular weight is 252 g/mol. The Morgan fingerprint density at radius 2 is 1.83 bits per heavy atom. The molecule has 4 nitrogen and oxygen atoms in total. The molecule has 0 bridgehead atoms. The molecule has 100 valence electrons. The summed E-state index contributed by atoms with van der Waals surface area (Å²) in [6.45, 7) is 5.19. The van der Waals surface area contributed by atoms with E-state index in [1.165, 1.54) is 0 Å². The molecule has 1 aromatic rings.